The van der Waals surface area contributed by atoms with E-state index < -0.39 is 4.92 Å². The van der Waals surface area contributed by atoms with Gasteiger partial charge in [0, 0.05) is 38.5 Å². The number of carbonyl (C=O) groups is 1. The maximum absolute atomic E-state index is 12.4. The molecule has 0 aliphatic rings. The maximum atomic E-state index is 12.4. The lowest BCUT2D eigenvalue weighted by Gasteiger charge is -2.06. The lowest BCUT2D eigenvalue weighted by Crippen LogP contribution is -2.11. The Morgan fingerprint density at radius 2 is 1.81 bits per heavy atom. The van der Waals surface area contributed by atoms with Gasteiger partial charge in [-0.2, -0.15) is 4.98 Å². The van der Waals surface area contributed by atoms with Crippen LogP contribution < -0.4 is 5.32 Å². The average molecular weight is 479 g/mol. The van der Waals surface area contributed by atoms with E-state index in [0.29, 0.717) is 33.8 Å². The molecule has 1 N–H and O–H groups in total. The van der Waals surface area contributed by atoms with E-state index >= 15 is 0 Å². The Kier molecular flexibility index (Phi) is 5.59. The van der Waals surface area contributed by atoms with Crippen LogP contribution in [0.3, 0.4) is 0 Å². The van der Waals surface area contributed by atoms with Gasteiger partial charge in [-0.15, -0.1) is 0 Å². The van der Waals surface area contributed by atoms with Crippen LogP contribution in [0.1, 0.15) is 15.9 Å². The second-order valence-corrected chi connectivity index (χ2v) is 7.64. The zero-order chi connectivity index (χ0) is 22.0. The minimum atomic E-state index is -0.447. The van der Waals surface area contributed by atoms with Gasteiger partial charge in [-0.3, -0.25) is 14.9 Å². The van der Waals surface area contributed by atoms with Crippen LogP contribution in [-0.2, 0) is 0 Å². The smallest absolute Gasteiger partial charge is 0.273 e. The molecule has 0 saturated heterocycles. The van der Waals surface area contributed by atoms with Crippen LogP contribution in [-0.4, -0.2) is 21.0 Å². The minimum absolute atomic E-state index is 0.0113. The summed E-state index contributed by atoms with van der Waals surface area (Å²) >= 11 is 3.35. The highest BCUT2D eigenvalue weighted by molar-refractivity contribution is 9.10. The lowest BCUT2D eigenvalue weighted by molar-refractivity contribution is -0.385. The summed E-state index contributed by atoms with van der Waals surface area (Å²) in [6, 6.07) is 18.8. The average Bonchev–Trinajstić information content (AvgIpc) is 3.24. The summed E-state index contributed by atoms with van der Waals surface area (Å²) in [4.78, 5) is 27.4. The Labute approximate surface area is 185 Å². The van der Waals surface area contributed by atoms with Crippen molar-refractivity contribution >= 4 is 33.2 Å². The maximum Gasteiger partial charge on any atom is 0.273 e. The Hall–Kier alpha value is -3.85. The van der Waals surface area contributed by atoms with E-state index in [1.807, 2.05) is 6.07 Å². The first-order valence-electron chi connectivity index (χ1n) is 9.17. The van der Waals surface area contributed by atoms with Crippen molar-refractivity contribution in [1.29, 1.82) is 0 Å². The molecule has 8 nitrogen and oxygen atoms in total. The third-order valence-electron chi connectivity index (χ3n) is 4.57. The van der Waals surface area contributed by atoms with Crippen LogP contribution in [0.2, 0.25) is 0 Å². The third kappa shape index (κ3) is 4.51. The Bertz CT molecular complexity index is 1280. The van der Waals surface area contributed by atoms with Crippen LogP contribution in [0.5, 0.6) is 0 Å². The number of nitro benzene ring substituents is 1. The standard InChI is InChI=1S/C22H15BrN4O4/c1-13-5-6-16(12-19(13)27(29)30)22-25-20(26-31-22)14-7-9-18(10-8-14)24-21(28)15-3-2-4-17(23)11-15/h2-12H,1H3,(H,24,28). The number of carbonyl (C=O) groups excluding carboxylic acids is 1. The molecule has 1 amide bonds. The van der Waals surface area contributed by atoms with Gasteiger partial charge in [-0.1, -0.05) is 33.2 Å². The van der Waals surface area contributed by atoms with Crippen LogP contribution in [0.25, 0.3) is 22.8 Å². The molecule has 0 spiro atoms. The molecule has 0 aliphatic heterocycles. The van der Waals surface area contributed by atoms with Gasteiger partial charge in [0.15, 0.2) is 0 Å². The number of benzene rings is 3. The van der Waals surface area contributed by atoms with E-state index in [1.54, 1.807) is 61.5 Å². The normalized spacial score (nSPS) is 10.6. The highest BCUT2D eigenvalue weighted by Crippen LogP contribution is 2.28. The Morgan fingerprint density at radius 3 is 2.52 bits per heavy atom. The van der Waals surface area contributed by atoms with Crippen LogP contribution in [0.15, 0.2) is 75.7 Å². The number of hydrogen-bond donors (Lipinski definition) is 1. The van der Waals surface area contributed by atoms with Crippen molar-refractivity contribution in [2.45, 2.75) is 6.92 Å². The second-order valence-electron chi connectivity index (χ2n) is 6.72. The number of nitrogens with one attached hydrogen (secondary N) is 1. The zero-order valence-corrected chi connectivity index (χ0v) is 17.8. The molecule has 0 bridgehead atoms. The van der Waals surface area contributed by atoms with Gasteiger partial charge in [0.2, 0.25) is 5.82 Å². The molecule has 0 radical (unpaired) electrons. The number of nitro groups is 1. The highest BCUT2D eigenvalue weighted by atomic mass is 79.9. The number of aryl methyl sites for hydroxylation is 1. The quantitative estimate of drug-likeness (QED) is 0.293. The van der Waals surface area contributed by atoms with Crippen LogP contribution in [0.4, 0.5) is 11.4 Å². The molecular weight excluding hydrogens is 464 g/mol. The Morgan fingerprint density at radius 1 is 1.06 bits per heavy atom. The van der Waals surface area contributed by atoms with Gasteiger partial charge in [-0.25, -0.2) is 0 Å². The van der Waals surface area contributed by atoms with E-state index in [2.05, 4.69) is 31.4 Å². The van der Waals surface area contributed by atoms with Gasteiger partial charge in [0.1, 0.15) is 0 Å². The fraction of sp³-hybridized carbons (Fsp3) is 0.0455. The summed E-state index contributed by atoms with van der Waals surface area (Å²) in [6.45, 7) is 1.66. The molecule has 154 valence electrons. The van der Waals surface area contributed by atoms with Crippen molar-refractivity contribution in [3.63, 3.8) is 0 Å². The molecule has 31 heavy (non-hydrogen) atoms. The first-order valence-corrected chi connectivity index (χ1v) is 9.96. The number of aromatic nitrogens is 2. The van der Waals surface area contributed by atoms with E-state index in [-0.39, 0.29) is 17.5 Å². The summed E-state index contributed by atoms with van der Waals surface area (Å²) < 4.78 is 6.11. The van der Waals surface area contributed by atoms with E-state index in [4.69, 9.17) is 4.52 Å². The molecule has 0 aliphatic carbocycles. The molecule has 0 unspecified atom stereocenters. The molecule has 1 heterocycles. The first kappa shape index (κ1) is 20.4. The molecule has 9 heteroatoms. The number of nitrogens with zero attached hydrogens (tertiary/aromatic N) is 3. The van der Waals surface area contributed by atoms with Crippen molar-refractivity contribution in [3.05, 3.63) is 92.4 Å². The van der Waals surface area contributed by atoms with Crippen molar-refractivity contribution < 1.29 is 14.2 Å². The third-order valence-corrected chi connectivity index (χ3v) is 5.06. The van der Waals surface area contributed by atoms with Crippen LogP contribution in [0, 0.1) is 17.0 Å². The van der Waals surface area contributed by atoms with Gasteiger partial charge in [0.25, 0.3) is 17.5 Å². The number of rotatable bonds is 5. The van der Waals surface area contributed by atoms with Gasteiger partial charge in [-0.05, 0) is 55.5 Å². The monoisotopic (exact) mass is 478 g/mol. The summed E-state index contributed by atoms with van der Waals surface area (Å²) in [5, 5.41) is 17.9. The van der Waals surface area contributed by atoms with Crippen molar-refractivity contribution in [2.75, 3.05) is 5.32 Å². The van der Waals surface area contributed by atoms with E-state index in [9.17, 15) is 14.9 Å². The first-order chi connectivity index (χ1) is 14.9. The predicted molar refractivity (Wildman–Crippen MR) is 119 cm³/mol. The van der Waals surface area contributed by atoms with E-state index in [1.165, 1.54) is 6.07 Å². The number of hydrogen-bond acceptors (Lipinski definition) is 6. The summed E-state index contributed by atoms with van der Waals surface area (Å²) in [5.41, 5.74) is 2.84. The number of halogens is 1. The fourth-order valence-corrected chi connectivity index (χ4v) is 3.33. The van der Waals surface area contributed by atoms with Gasteiger partial charge >= 0.3 is 0 Å². The van der Waals surface area contributed by atoms with E-state index in [0.717, 1.165) is 4.47 Å². The van der Waals surface area contributed by atoms with Gasteiger partial charge in [0.05, 0.1) is 4.92 Å². The summed E-state index contributed by atoms with van der Waals surface area (Å²) in [7, 11) is 0. The van der Waals surface area contributed by atoms with Crippen molar-refractivity contribution in [1.82, 2.24) is 10.1 Å². The summed E-state index contributed by atoms with van der Waals surface area (Å²) in [5.74, 6) is 0.296. The minimum Gasteiger partial charge on any atom is -0.334 e. The van der Waals surface area contributed by atoms with Crippen molar-refractivity contribution in [2.24, 2.45) is 0 Å². The predicted octanol–water partition coefficient (Wildman–Crippen LogP) is 5.64. The SMILES string of the molecule is Cc1ccc(-c2nc(-c3ccc(NC(=O)c4cccc(Br)c4)cc3)no2)cc1[N+](=O)[O-]. The molecule has 1 aromatic heterocycles. The largest absolute Gasteiger partial charge is 0.334 e. The fourth-order valence-electron chi connectivity index (χ4n) is 2.93. The Balaban J connectivity index is 1.52. The molecule has 0 atom stereocenters. The van der Waals surface area contributed by atoms with Crippen LogP contribution >= 0.6 is 15.9 Å². The molecule has 0 saturated carbocycles. The molecule has 0 fully saturated rings. The van der Waals surface area contributed by atoms with Crippen molar-refractivity contribution in [3.8, 4) is 22.8 Å². The molecule has 4 aromatic rings. The molecule has 3 aromatic carbocycles. The lowest BCUT2D eigenvalue weighted by atomic mass is 10.1. The highest BCUT2D eigenvalue weighted by Gasteiger charge is 2.16. The molecule has 4 rings (SSSR count). The number of anilines is 1. The summed E-state index contributed by atoms with van der Waals surface area (Å²) in [6.07, 6.45) is 0. The molecular formula is C22H15BrN4O4. The zero-order valence-electron chi connectivity index (χ0n) is 16.2. The van der Waals surface area contributed by atoms with Gasteiger partial charge < -0.3 is 9.84 Å². The topological polar surface area (TPSA) is 111 Å². The number of amides is 1. The second kappa shape index (κ2) is 8.49.